The maximum Gasteiger partial charge on any atom is 0.203 e. The lowest BCUT2D eigenvalue weighted by atomic mass is 10.1. The van der Waals surface area contributed by atoms with Crippen LogP contribution in [0, 0.1) is 0 Å². The van der Waals surface area contributed by atoms with Gasteiger partial charge in [0.05, 0.1) is 26.0 Å². The molecule has 37 heavy (non-hydrogen) atoms. The predicted molar refractivity (Wildman–Crippen MR) is 158 cm³/mol. The van der Waals surface area contributed by atoms with E-state index in [4.69, 9.17) is 9.84 Å². The van der Waals surface area contributed by atoms with Gasteiger partial charge in [-0.05, 0) is 17.7 Å². The molecule has 1 atom stereocenters. The summed E-state index contributed by atoms with van der Waals surface area (Å²) in [5.74, 6) is 0.531. The molecule has 0 bridgehead atoms. The molecule has 0 aromatic carbocycles. The Labute approximate surface area is 223 Å². The summed E-state index contributed by atoms with van der Waals surface area (Å²) in [6.45, 7) is 16.6. The zero-order valence-electron chi connectivity index (χ0n) is 23.8. The highest BCUT2D eigenvalue weighted by molar-refractivity contribution is 5.98. The number of amidine groups is 1. The normalized spacial score (nSPS) is 14.7. The highest BCUT2D eigenvalue weighted by atomic mass is 16.5. The summed E-state index contributed by atoms with van der Waals surface area (Å²) < 4.78 is 6.80. The van der Waals surface area contributed by atoms with Gasteiger partial charge in [0.1, 0.15) is 17.6 Å². The molecule has 1 aromatic rings. The molecular formula is C28H46N6O3. The third-order valence-electron chi connectivity index (χ3n) is 4.07. The number of nitrogens with zero attached hydrogens (tertiary/aromatic N) is 6. The van der Waals surface area contributed by atoms with E-state index in [1.54, 1.807) is 53.6 Å². The van der Waals surface area contributed by atoms with Crippen molar-refractivity contribution in [2.24, 2.45) is 15.1 Å². The molecule has 206 valence electrons. The molecular weight excluding hydrogens is 468 g/mol. The molecule has 2 rings (SSSR count). The van der Waals surface area contributed by atoms with Gasteiger partial charge in [-0.15, -0.1) is 0 Å². The summed E-state index contributed by atoms with van der Waals surface area (Å²) in [5, 5.41) is 19.0. The highest BCUT2D eigenvalue weighted by Gasteiger charge is 2.11. The van der Waals surface area contributed by atoms with Crippen molar-refractivity contribution in [2.45, 2.75) is 54.0 Å². The number of rotatable bonds is 10. The van der Waals surface area contributed by atoms with Crippen molar-refractivity contribution in [1.82, 2.24) is 14.8 Å². The first kappa shape index (κ1) is 35.7. The maximum atomic E-state index is 12.2. The Balaban J connectivity index is 0. The second-order valence-corrected chi connectivity index (χ2v) is 6.52. The molecule has 0 radical (unpaired) electrons. The minimum atomic E-state index is -0.136. The molecule has 0 saturated heterocycles. The van der Waals surface area contributed by atoms with Crippen LogP contribution in [0.1, 0.15) is 53.3 Å². The van der Waals surface area contributed by atoms with Crippen LogP contribution in [-0.4, -0.2) is 72.1 Å². The minimum absolute atomic E-state index is 0.0209. The van der Waals surface area contributed by atoms with E-state index in [2.05, 4.69) is 26.8 Å². The number of aliphatic imine (C=N–C) groups is 2. The maximum absolute atomic E-state index is 12.2. The van der Waals surface area contributed by atoms with Gasteiger partial charge in [0.25, 0.3) is 0 Å². The Bertz CT molecular complexity index is 960. The summed E-state index contributed by atoms with van der Waals surface area (Å²) in [6, 6.07) is 1.37. The van der Waals surface area contributed by atoms with E-state index in [0.29, 0.717) is 24.6 Å². The van der Waals surface area contributed by atoms with Gasteiger partial charge >= 0.3 is 0 Å². The van der Waals surface area contributed by atoms with E-state index in [-0.39, 0.29) is 24.7 Å². The lowest BCUT2D eigenvalue weighted by molar-refractivity contribution is 0.120. The molecule has 0 spiro atoms. The Hall–Kier alpha value is -3.43. The fourth-order valence-corrected chi connectivity index (χ4v) is 2.50. The van der Waals surface area contributed by atoms with Crippen molar-refractivity contribution in [1.29, 1.82) is 0 Å². The second-order valence-electron chi connectivity index (χ2n) is 6.52. The average molecular weight is 515 g/mol. The van der Waals surface area contributed by atoms with Gasteiger partial charge in [-0.3, -0.25) is 19.5 Å². The van der Waals surface area contributed by atoms with E-state index in [9.17, 15) is 4.79 Å². The first-order chi connectivity index (χ1) is 18.0. The van der Waals surface area contributed by atoms with Gasteiger partial charge in [-0.1, -0.05) is 66.3 Å². The topological polar surface area (TPSA) is 105 Å². The Morgan fingerprint density at radius 1 is 1.19 bits per heavy atom. The van der Waals surface area contributed by atoms with Crippen LogP contribution < -0.4 is 5.43 Å². The van der Waals surface area contributed by atoms with Gasteiger partial charge in [0, 0.05) is 45.2 Å². The van der Waals surface area contributed by atoms with Crippen molar-refractivity contribution < 1.29 is 9.84 Å². The van der Waals surface area contributed by atoms with Crippen LogP contribution in [0.3, 0.4) is 0 Å². The Morgan fingerprint density at radius 2 is 1.86 bits per heavy atom. The van der Waals surface area contributed by atoms with Crippen molar-refractivity contribution in [3.05, 3.63) is 76.9 Å². The smallest absolute Gasteiger partial charge is 0.203 e. The molecule has 1 aliphatic rings. The second kappa shape index (κ2) is 24.3. The summed E-state index contributed by atoms with van der Waals surface area (Å²) in [5.41, 5.74) is 1.04. The number of aliphatic hydroxyl groups is 1. The largest absolute Gasteiger partial charge is 0.394 e. The first-order valence-corrected chi connectivity index (χ1v) is 12.8. The number of aliphatic hydroxyl groups excluding tert-OH is 1. The molecule has 2 heterocycles. The van der Waals surface area contributed by atoms with Crippen LogP contribution in [0.4, 0.5) is 0 Å². The van der Waals surface area contributed by atoms with E-state index in [0.717, 1.165) is 5.57 Å². The molecule has 0 aliphatic carbocycles. The molecule has 0 saturated carbocycles. The molecule has 0 amide bonds. The number of hydrogen-bond donors (Lipinski definition) is 1. The van der Waals surface area contributed by atoms with E-state index in [1.807, 2.05) is 66.9 Å². The van der Waals surface area contributed by atoms with Crippen LogP contribution >= 0.6 is 0 Å². The van der Waals surface area contributed by atoms with Crippen molar-refractivity contribution in [2.75, 3.05) is 33.9 Å². The number of hydrazone groups is 1. The van der Waals surface area contributed by atoms with Gasteiger partial charge in [0.2, 0.25) is 5.43 Å². The van der Waals surface area contributed by atoms with Gasteiger partial charge < -0.3 is 9.84 Å². The number of ether oxygens (including phenoxy) is 1. The highest BCUT2D eigenvalue weighted by Crippen LogP contribution is 2.10. The summed E-state index contributed by atoms with van der Waals surface area (Å²) >= 11 is 0. The summed E-state index contributed by atoms with van der Waals surface area (Å²) in [6.07, 6.45) is 16.3. The lowest BCUT2D eigenvalue weighted by Crippen LogP contribution is -2.22. The van der Waals surface area contributed by atoms with Gasteiger partial charge in [0.15, 0.2) is 0 Å². The first-order valence-electron chi connectivity index (χ1n) is 12.8. The molecule has 9 nitrogen and oxygen atoms in total. The monoisotopic (exact) mass is 514 g/mol. The van der Waals surface area contributed by atoms with Crippen molar-refractivity contribution in [3.8, 4) is 0 Å². The van der Waals surface area contributed by atoms with Crippen molar-refractivity contribution >= 4 is 18.3 Å². The van der Waals surface area contributed by atoms with Crippen LogP contribution in [0.15, 0.2) is 80.9 Å². The Kier molecular flexibility index (Phi) is 23.4. The van der Waals surface area contributed by atoms with Crippen LogP contribution in [0.5, 0.6) is 0 Å². The van der Waals surface area contributed by atoms with Crippen molar-refractivity contribution in [3.63, 3.8) is 0 Å². The molecule has 1 N–H and O–H groups in total. The number of allylic oxidation sites excluding steroid dienone is 5. The Morgan fingerprint density at radius 3 is 2.46 bits per heavy atom. The standard InChI is InChI=1S/C22H28N6O3.3C2H6/c1-18(6-4-5-7-22(23-2)24-10-14-31-15-13-29)16-20-21(30)9-12-28(26-20)19-8-11-27(3)25-17-19;3*1-2/h4-12,17,19,29H,1,13-16H2,2-3H3;3*1-2H3/b6-4-,7-5+,23-22?,24-10?;;;. The zero-order chi connectivity index (χ0) is 28.5. The lowest BCUT2D eigenvalue weighted by Gasteiger charge is -2.18. The van der Waals surface area contributed by atoms with E-state index in [1.165, 1.54) is 6.07 Å². The fourth-order valence-electron chi connectivity index (χ4n) is 2.50. The summed E-state index contributed by atoms with van der Waals surface area (Å²) in [4.78, 5) is 20.4. The number of aromatic nitrogens is 2. The third kappa shape index (κ3) is 16.0. The summed E-state index contributed by atoms with van der Waals surface area (Å²) in [7, 11) is 3.48. The molecule has 0 fully saturated rings. The van der Waals surface area contributed by atoms with Crippen LogP contribution in [0.25, 0.3) is 0 Å². The fraction of sp³-hybridized carbons (Fsp3) is 0.464. The quantitative estimate of drug-likeness (QED) is 0.212. The zero-order valence-corrected chi connectivity index (χ0v) is 23.8. The average Bonchev–Trinajstić information content (AvgIpc) is 2.94. The molecule has 1 unspecified atom stereocenters. The van der Waals surface area contributed by atoms with E-state index < -0.39 is 0 Å². The van der Waals surface area contributed by atoms with E-state index >= 15 is 0 Å². The molecule has 1 aliphatic heterocycles. The SMILES string of the molecule is C=C(/C=C\C=C\C(N=CCOCCO)=NC)Cc1nn(C2C=CN(C)N=C2)ccc1=O.CC.CC.CC. The van der Waals surface area contributed by atoms with Crippen LogP contribution in [0.2, 0.25) is 0 Å². The third-order valence-corrected chi connectivity index (χ3v) is 4.07. The number of hydrogen-bond acceptors (Lipinski definition) is 7. The molecule has 1 aromatic heterocycles. The minimum Gasteiger partial charge on any atom is -0.394 e. The van der Waals surface area contributed by atoms with Gasteiger partial charge in [-0.2, -0.15) is 10.2 Å². The van der Waals surface area contributed by atoms with Crippen LogP contribution in [-0.2, 0) is 11.2 Å². The van der Waals surface area contributed by atoms with Gasteiger partial charge in [-0.25, -0.2) is 4.99 Å². The molecule has 9 heteroatoms. The predicted octanol–water partition coefficient (Wildman–Crippen LogP) is 4.63.